The molecule has 2 nitrogen and oxygen atoms in total. The van der Waals surface area contributed by atoms with Gasteiger partial charge in [0.1, 0.15) is 0 Å². The van der Waals surface area contributed by atoms with Crippen molar-refractivity contribution in [3.8, 4) is 22.3 Å². The van der Waals surface area contributed by atoms with Crippen molar-refractivity contribution in [2.24, 2.45) is 0 Å². The zero-order valence-corrected chi connectivity index (χ0v) is 46.9. The minimum atomic E-state index is -0.249. The fourth-order valence-corrected chi connectivity index (χ4v) is 13.1. The van der Waals surface area contributed by atoms with Crippen molar-refractivity contribution >= 4 is 57.2 Å². The predicted octanol–water partition coefficient (Wildman–Crippen LogP) is 17.7. The average Bonchev–Trinajstić information content (AvgIpc) is 3.54. The maximum atomic E-state index is 2.69. The van der Waals surface area contributed by atoms with E-state index in [0.29, 0.717) is 0 Å². The first-order valence-corrected chi connectivity index (χ1v) is 27.8. The Balaban J connectivity index is 1.18. The van der Waals surface area contributed by atoms with Crippen molar-refractivity contribution in [3.63, 3.8) is 0 Å². The van der Waals surface area contributed by atoms with Crippen molar-refractivity contribution in [2.75, 3.05) is 9.80 Å². The van der Waals surface area contributed by atoms with E-state index in [2.05, 4.69) is 293 Å². The van der Waals surface area contributed by atoms with Crippen molar-refractivity contribution in [3.05, 3.63) is 245 Å². The highest BCUT2D eigenvalue weighted by Gasteiger charge is 2.47. The summed E-state index contributed by atoms with van der Waals surface area (Å²) < 4.78 is 0. The Morgan fingerprint density at radius 2 is 0.895 bits per heavy atom. The van der Waals surface area contributed by atoms with Crippen LogP contribution in [0, 0.1) is 6.92 Å². The van der Waals surface area contributed by atoms with Gasteiger partial charge < -0.3 is 9.80 Å². The summed E-state index contributed by atoms with van der Waals surface area (Å²) in [5.74, 6) is 0. The standard InChI is InChI=1S/C73H73BN2/c1-48-40-66-68-67(41-48)76(63-37-35-54(69(2,3)4)44-58(63)51-27-22-26-50(42-51)49-24-16-13-17-25-49)65-47-60-59(70(5,6)38-39-71(60,7)8)46-62(65)74(68)61-36-34-56(73(11,12)53-30-20-15-21-31-53)45-64(61)75(66)57-33-23-32-55(43-57)72(9,10)52-28-18-14-19-29-52/h13-37,40-47H,38-39H2,1-12H3. The van der Waals surface area contributed by atoms with Crippen LogP contribution in [-0.2, 0) is 27.1 Å². The minimum Gasteiger partial charge on any atom is -0.311 e. The molecule has 76 heavy (non-hydrogen) atoms. The van der Waals surface area contributed by atoms with E-state index in [1.54, 1.807) is 0 Å². The Bertz CT molecular complexity index is 3710. The molecule has 0 amide bonds. The second-order valence-electron chi connectivity index (χ2n) is 25.8. The van der Waals surface area contributed by atoms with Crippen LogP contribution in [0.3, 0.4) is 0 Å². The molecule has 3 heteroatoms. The van der Waals surface area contributed by atoms with Gasteiger partial charge in [-0.1, -0.05) is 222 Å². The van der Waals surface area contributed by atoms with Crippen molar-refractivity contribution in [1.29, 1.82) is 0 Å². The molecule has 2 aliphatic heterocycles. The molecule has 378 valence electrons. The van der Waals surface area contributed by atoms with Gasteiger partial charge in [-0.15, -0.1) is 0 Å². The third-order valence-electron chi connectivity index (χ3n) is 18.1. The number of aryl methyl sites for hydroxylation is 1. The molecule has 0 N–H and O–H groups in total. The molecular weight excluding hydrogens is 916 g/mol. The Hall–Kier alpha value is -7.36. The first kappa shape index (κ1) is 49.5. The number of hydrogen-bond acceptors (Lipinski definition) is 2. The molecule has 2 heterocycles. The number of nitrogens with zero attached hydrogens (tertiary/aromatic N) is 2. The topological polar surface area (TPSA) is 6.48 Å². The Morgan fingerprint density at radius 1 is 0.382 bits per heavy atom. The molecular formula is C73H73BN2. The molecule has 0 fully saturated rings. The summed E-state index contributed by atoms with van der Waals surface area (Å²) in [5, 5.41) is 0. The van der Waals surface area contributed by atoms with Gasteiger partial charge in [-0.3, -0.25) is 0 Å². The summed E-state index contributed by atoms with van der Waals surface area (Å²) in [6.45, 7) is 28.7. The molecule has 12 rings (SSSR count). The molecule has 0 atom stereocenters. The van der Waals surface area contributed by atoms with E-state index in [1.165, 1.54) is 117 Å². The maximum absolute atomic E-state index is 2.69. The average molecular weight is 989 g/mol. The normalized spacial score (nSPS) is 15.4. The quantitative estimate of drug-likeness (QED) is 0.140. The number of anilines is 6. The van der Waals surface area contributed by atoms with Gasteiger partial charge in [0.05, 0.1) is 5.69 Å². The highest BCUT2D eigenvalue weighted by Crippen LogP contribution is 2.53. The zero-order valence-electron chi connectivity index (χ0n) is 46.9. The van der Waals surface area contributed by atoms with Gasteiger partial charge in [0.15, 0.2) is 0 Å². The van der Waals surface area contributed by atoms with E-state index >= 15 is 0 Å². The summed E-state index contributed by atoms with van der Waals surface area (Å²) in [5.41, 5.74) is 26.5. The zero-order chi connectivity index (χ0) is 53.1. The number of rotatable bonds is 8. The maximum Gasteiger partial charge on any atom is 0.252 e. The van der Waals surface area contributed by atoms with Crippen LogP contribution < -0.4 is 26.2 Å². The Labute approximate surface area is 454 Å². The van der Waals surface area contributed by atoms with Gasteiger partial charge in [0.25, 0.3) is 6.71 Å². The molecule has 9 aromatic rings. The lowest BCUT2D eigenvalue weighted by molar-refractivity contribution is 0.332. The van der Waals surface area contributed by atoms with Gasteiger partial charge in [0, 0.05) is 44.8 Å². The fraction of sp³-hybridized carbons (Fsp3) is 0.260. The summed E-state index contributed by atoms with van der Waals surface area (Å²) in [6, 6.07) is 76.7. The largest absolute Gasteiger partial charge is 0.311 e. The summed E-state index contributed by atoms with van der Waals surface area (Å²) in [7, 11) is 0. The van der Waals surface area contributed by atoms with Gasteiger partial charge in [-0.2, -0.15) is 0 Å². The second-order valence-corrected chi connectivity index (χ2v) is 25.8. The highest BCUT2D eigenvalue weighted by atomic mass is 15.2. The lowest BCUT2D eigenvalue weighted by Crippen LogP contribution is -2.62. The van der Waals surface area contributed by atoms with Crippen LogP contribution in [0.5, 0.6) is 0 Å². The van der Waals surface area contributed by atoms with Gasteiger partial charge >= 0.3 is 0 Å². The third-order valence-corrected chi connectivity index (χ3v) is 18.1. The van der Waals surface area contributed by atoms with Crippen LogP contribution in [0.15, 0.2) is 200 Å². The van der Waals surface area contributed by atoms with E-state index in [4.69, 9.17) is 0 Å². The predicted molar refractivity (Wildman–Crippen MR) is 327 cm³/mol. The molecule has 0 aromatic heterocycles. The second kappa shape index (κ2) is 17.9. The van der Waals surface area contributed by atoms with Gasteiger partial charge in [-0.05, 0) is 168 Å². The van der Waals surface area contributed by atoms with Crippen LogP contribution in [0.4, 0.5) is 34.1 Å². The van der Waals surface area contributed by atoms with Crippen molar-refractivity contribution < 1.29 is 0 Å². The molecule has 3 aliphatic rings. The number of fused-ring (bicyclic) bond motifs is 5. The number of hydrogen-bond donors (Lipinski definition) is 0. The third kappa shape index (κ3) is 8.16. The summed E-state index contributed by atoms with van der Waals surface area (Å²) in [6.07, 6.45) is 2.29. The van der Waals surface area contributed by atoms with Crippen LogP contribution in [-0.4, -0.2) is 6.71 Å². The lowest BCUT2D eigenvalue weighted by atomic mass is 9.33. The molecule has 0 saturated carbocycles. The lowest BCUT2D eigenvalue weighted by Gasteiger charge is -2.48. The van der Waals surface area contributed by atoms with Crippen LogP contribution in [0.1, 0.15) is 134 Å². The van der Waals surface area contributed by atoms with Gasteiger partial charge in [-0.25, -0.2) is 0 Å². The minimum absolute atomic E-state index is 0.00424. The van der Waals surface area contributed by atoms with E-state index in [0.717, 1.165) is 12.8 Å². The summed E-state index contributed by atoms with van der Waals surface area (Å²) >= 11 is 0. The number of benzene rings is 9. The van der Waals surface area contributed by atoms with Crippen molar-refractivity contribution in [2.45, 2.75) is 123 Å². The van der Waals surface area contributed by atoms with E-state index < -0.39 is 0 Å². The van der Waals surface area contributed by atoms with E-state index in [-0.39, 0.29) is 33.8 Å². The van der Waals surface area contributed by atoms with Crippen LogP contribution >= 0.6 is 0 Å². The Kier molecular flexibility index (Phi) is 11.6. The molecule has 0 saturated heterocycles. The van der Waals surface area contributed by atoms with Crippen LogP contribution in [0.2, 0.25) is 0 Å². The van der Waals surface area contributed by atoms with E-state index in [1.807, 2.05) is 0 Å². The monoisotopic (exact) mass is 989 g/mol. The molecule has 0 unspecified atom stereocenters. The molecule has 9 aromatic carbocycles. The molecule has 0 bridgehead atoms. The first-order valence-electron chi connectivity index (χ1n) is 27.8. The first-order chi connectivity index (χ1) is 36.2. The van der Waals surface area contributed by atoms with Crippen molar-refractivity contribution in [1.82, 2.24) is 0 Å². The van der Waals surface area contributed by atoms with Gasteiger partial charge in [0.2, 0.25) is 0 Å². The summed E-state index contributed by atoms with van der Waals surface area (Å²) in [4.78, 5) is 5.33. The Morgan fingerprint density at radius 3 is 1.53 bits per heavy atom. The fourth-order valence-electron chi connectivity index (χ4n) is 13.1. The smallest absolute Gasteiger partial charge is 0.252 e. The molecule has 0 spiro atoms. The molecule has 0 radical (unpaired) electrons. The SMILES string of the molecule is Cc1cc2c3c(c1)N(c1ccc(C(C)(C)C)cc1-c1cccc(-c4ccccc4)c1)c1cc4c(cc1B3c1ccc(C(C)(C)c3ccccc3)cc1N2c1cccc(C(C)(C)c2ccccc2)c1)C(C)(C)CCC4(C)C. The van der Waals surface area contributed by atoms with E-state index in [9.17, 15) is 0 Å². The van der Waals surface area contributed by atoms with Crippen LogP contribution in [0.25, 0.3) is 22.3 Å². The molecule has 1 aliphatic carbocycles. The highest BCUT2D eigenvalue weighted by molar-refractivity contribution is 7.00.